The average molecular weight is 470 g/mol. The number of ether oxygens (including phenoxy) is 3. The van der Waals surface area contributed by atoms with Gasteiger partial charge >= 0.3 is 0 Å². The van der Waals surface area contributed by atoms with Crippen molar-refractivity contribution in [3.8, 4) is 11.5 Å². The van der Waals surface area contributed by atoms with Gasteiger partial charge in [0, 0.05) is 40.5 Å². The first kappa shape index (κ1) is 21.4. The number of hydrogen-bond acceptors (Lipinski definition) is 5. The Morgan fingerprint density at radius 3 is 2.66 bits per heavy atom. The molecule has 0 aliphatic carbocycles. The number of carbonyl (C=O) groups excluding carboxylic acids is 1. The predicted octanol–water partition coefficient (Wildman–Crippen LogP) is 5.18. The maximum absolute atomic E-state index is 12.8. The standard InChI is InChI=1S/C25H24ClNO4S/c26-19-5-1-3-17-4-2-6-22(24(17)19)32-14-23(28)27-15-25(9-11-29-12-10-25)18-7-8-20-21(13-18)31-16-30-20/h1-8,13H,9-12,14-16H2,(H,27,28). The number of rotatable bonds is 6. The summed E-state index contributed by atoms with van der Waals surface area (Å²) in [4.78, 5) is 13.8. The molecule has 1 N–H and O–H groups in total. The highest BCUT2D eigenvalue weighted by Gasteiger charge is 2.36. The first-order chi connectivity index (χ1) is 15.6. The summed E-state index contributed by atoms with van der Waals surface area (Å²) in [6, 6.07) is 18.0. The summed E-state index contributed by atoms with van der Waals surface area (Å²) >= 11 is 7.93. The molecule has 0 spiro atoms. The third-order valence-corrected chi connectivity index (χ3v) is 7.61. The second kappa shape index (κ2) is 9.22. The zero-order chi connectivity index (χ0) is 22.0. The summed E-state index contributed by atoms with van der Waals surface area (Å²) in [5.74, 6) is 1.87. The predicted molar refractivity (Wildman–Crippen MR) is 127 cm³/mol. The number of carbonyl (C=O) groups is 1. The molecule has 1 amide bonds. The van der Waals surface area contributed by atoms with Gasteiger partial charge in [0.15, 0.2) is 11.5 Å². The Bertz CT molecular complexity index is 1140. The van der Waals surface area contributed by atoms with Crippen LogP contribution < -0.4 is 14.8 Å². The van der Waals surface area contributed by atoms with Crippen molar-refractivity contribution in [3.63, 3.8) is 0 Å². The van der Waals surface area contributed by atoms with Crippen LogP contribution in [0, 0.1) is 0 Å². The molecule has 7 heteroatoms. The molecule has 1 saturated heterocycles. The lowest BCUT2D eigenvalue weighted by Crippen LogP contribution is -2.45. The van der Waals surface area contributed by atoms with Crippen LogP contribution in [0.5, 0.6) is 11.5 Å². The highest BCUT2D eigenvalue weighted by molar-refractivity contribution is 8.00. The summed E-state index contributed by atoms with van der Waals surface area (Å²) in [6.45, 7) is 2.16. The van der Waals surface area contributed by atoms with Gasteiger partial charge in [-0.1, -0.05) is 41.9 Å². The van der Waals surface area contributed by atoms with Gasteiger partial charge in [-0.2, -0.15) is 0 Å². The van der Waals surface area contributed by atoms with E-state index in [4.69, 9.17) is 25.8 Å². The Balaban J connectivity index is 1.28. The maximum Gasteiger partial charge on any atom is 0.231 e. The lowest BCUT2D eigenvalue weighted by molar-refractivity contribution is -0.119. The Labute approximate surface area is 196 Å². The van der Waals surface area contributed by atoms with Crippen molar-refractivity contribution in [2.24, 2.45) is 0 Å². The molecule has 3 aromatic rings. The number of thioether (sulfide) groups is 1. The van der Waals surface area contributed by atoms with Gasteiger partial charge in [-0.3, -0.25) is 4.79 Å². The van der Waals surface area contributed by atoms with E-state index in [0.29, 0.717) is 30.5 Å². The Morgan fingerprint density at radius 2 is 1.81 bits per heavy atom. The molecule has 0 saturated carbocycles. The average Bonchev–Trinajstić information content (AvgIpc) is 3.30. The Hall–Kier alpha value is -2.41. The van der Waals surface area contributed by atoms with Gasteiger partial charge in [0.1, 0.15) is 0 Å². The van der Waals surface area contributed by atoms with E-state index in [0.717, 1.165) is 45.6 Å². The quantitative estimate of drug-likeness (QED) is 0.504. The molecule has 0 unspecified atom stereocenters. The van der Waals surface area contributed by atoms with Crippen LogP contribution >= 0.6 is 23.4 Å². The van der Waals surface area contributed by atoms with Gasteiger partial charge < -0.3 is 19.5 Å². The van der Waals surface area contributed by atoms with Gasteiger partial charge in [0.2, 0.25) is 12.7 Å². The zero-order valence-corrected chi connectivity index (χ0v) is 19.1. The van der Waals surface area contributed by atoms with Crippen molar-refractivity contribution < 1.29 is 19.0 Å². The Kier molecular flexibility index (Phi) is 6.17. The van der Waals surface area contributed by atoms with Crippen LogP contribution in [0.3, 0.4) is 0 Å². The number of amides is 1. The van der Waals surface area contributed by atoms with Crippen molar-refractivity contribution in [3.05, 3.63) is 65.2 Å². The molecule has 0 bridgehead atoms. The summed E-state index contributed by atoms with van der Waals surface area (Å²) in [5.41, 5.74) is 0.973. The number of halogens is 1. The molecule has 0 radical (unpaired) electrons. The maximum atomic E-state index is 12.8. The minimum atomic E-state index is -0.178. The van der Waals surface area contributed by atoms with E-state index < -0.39 is 0 Å². The number of fused-ring (bicyclic) bond motifs is 2. The van der Waals surface area contributed by atoms with Crippen LogP contribution in [-0.2, 0) is 14.9 Å². The lowest BCUT2D eigenvalue weighted by atomic mass is 9.74. The Morgan fingerprint density at radius 1 is 1.03 bits per heavy atom. The van der Waals surface area contributed by atoms with E-state index in [1.54, 1.807) is 0 Å². The molecular weight excluding hydrogens is 446 g/mol. The molecule has 1 fully saturated rings. The largest absolute Gasteiger partial charge is 0.454 e. The van der Waals surface area contributed by atoms with Crippen molar-refractivity contribution in [1.82, 2.24) is 5.32 Å². The van der Waals surface area contributed by atoms with E-state index in [9.17, 15) is 4.79 Å². The molecule has 0 atom stereocenters. The van der Waals surface area contributed by atoms with Gasteiger partial charge in [0.05, 0.1) is 5.75 Å². The molecule has 2 heterocycles. The van der Waals surface area contributed by atoms with Gasteiger partial charge in [-0.15, -0.1) is 11.8 Å². The number of benzene rings is 3. The van der Waals surface area contributed by atoms with Crippen LogP contribution in [0.2, 0.25) is 5.02 Å². The van der Waals surface area contributed by atoms with Crippen LogP contribution in [0.1, 0.15) is 18.4 Å². The van der Waals surface area contributed by atoms with Crippen LogP contribution in [0.25, 0.3) is 10.8 Å². The fourth-order valence-electron chi connectivity index (χ4n) is 4.40. The molecule has 166 valence electrons. The van der Waals surface area contributed by atoms with Crippen molar-refractivity contribution in [2.75, 3.05) is 32.3 Å². The monoisotopic (exact) mass is 469 g/mol. The third kappa shape index (κ3) is 4.27. The first-order valence-corrected chi connectivity index (χ1v) is 12.1. The molecular formula is C25H24ClNO4S. The second-order valence-corrected chi connectivity index (χ2v) is 9.54. The SMILES string of the molecule is O=C(CSc1cccc2cccc(Cl)c12)NCC1(c2ccc3c(c2)OCO3)CCOCC1. The lowest BCUT2D eigenvalue weighted by Gasteiger charge is -2.38. The molecule has 5 nitrogen and oxygen atoms in total. The van der Waals surface area contributed by atoms with Gasteiger partial charge in [-0.05, 0) is 48.1 Å². The van der Waals surface area contributed by atoms with Crippen molar-refractivity contribution >= 4 is 40.0 Å². The number of nitrogens with one attached hydrogen (secondary N) is 1. The molecule has 2 aliphatic heterocycles. The summed E-state index contributed by atoms with van der Waals surface area (Å²) in [7, 11) is 0. The topological polar surface area (TPSA) is 56.8 Å². The van der Waals surface area contributed by atoms with Crippen molar-refractivity contribution in [1.29, 1.82) is 0 Å². The molecule has 32 heavy (non-hydrogen) atoms. The minimum Gasteiger partial charge on any atom is -0.454 e. The molecule has 3 aromatic carbocycles. The fraction of sp³-hybridized carbons (Fsp3) is 0.320. The third-order valence-electron chi connectivity index (χ3n) is 6.23. The summed E-state index contributed by atoms with van der Waals surface area (Å²) in [6.07, 6.45) is 1.69. The molecule has 2 aliphatic rings. The summed E-state index contributed by atoms with van der Waals surface area (Å²) in [5, 5.41) is 5.95. The first-order valence-electron chi connectivity index (χ1n) is 10.7. The van der Waals surface area contributed by atoms with Gasteiger partial charge in [-0.25, -0.2) is 0 Å². The zero-order valence-electron chi connectivity index (χ0n) is 17.6. The highest BCUT2D eigenvalue weighted by atomic mass is 35.5. The summed E-state index contributed by atoms with van der Waals surface area (Å²) < 4.78 is 16.7. The van der Waals surface area contributed by atoms with E-state index in [2.05, 4.69) is 11.4 Å². The number of hydrogen-bond donors (Lipinski definition) is 1. The van der Waals surface area contributed by atoms with Crippen LogP contribution in [-0.4, -0.2) is 38.2 Å². The molecule has 0 aromatic heterocycles. The van der Waals surface area contributed by atoms with Crippen molar-refractivity contribution in [2.45, 2.75) is 23.2 Å². The van der Waals surface area contributed by atoms with E-state index >= 15 is 0 Å². The van der Waals surface area contributed by atoms with E-state index in [1.165, 1.54) is 11.8 Å². The normalized spacial score (nSPS) is 16.8. The van der Waals surface area contributed by atoms with E-state index in [-0.39, 0.29) is 18.1 Å². The smallest absolute Gasteiger partial charge is 0.231 e. The van der Waals surface area contributed by atoms with Crippen LogP contribution in [0.15, 0.2) is 59.5 Å². The minimum absolute atomic E-state index is 0.00525. The fourth-order valence-corrected chi connectivity index (χ4v) is 5.68. The second-order valence-electron chi connectivity index (χ2n) is 8.12. The highest BCUT2D eigenvalue weighted by Crippen LogP contribution is 2.40. The van der Waals surface area contributed by atoms with Gasteiger partial charge in [0.25, 0.3) is 0 Å². The van der Waals surface area contributed by atoms with Crippen LogP contribution in [0.4, 0.5) is 0 Å². The van der Waals surface area contributed by atoms with E-state index in [1.807, 2.05) is 48.5 Å². The molecule has 5 rings (SSSR count).